The van der Waals surface area contributed by atoms with Crippen LogP contribution in [0.5, 0.6) is 0 Å². The summed E-state index contributed by atoms with van der Waals surface area (Å²) in [7, 11) is 0. The van der Waals surface area contributed by atoms with Crippen molar-refractivity contribution in [2.45, 2.75) is 62.2 Å². The number of rotatable bonds is 6. The highest BCUT2D eigenvalue weighted by atomic mass is 16.3. The normalized spacial score (nSPS) is 14.5. The Labute approximate surface area is 657 Å². The zero-order valence-electron chi connectivity index (χ0n) is 62.6. The van der Waals surface area contributed by atoms with Crippen molar-refractivity contribution in [1.82, 2.24) is 0 Å². The maximum absolute atomic E-state index is 6.71. The van der Waals surface area contributed by atoms with Gasteiger partial charge in [0.05, 0.1) is 0 Å². The molecule has 4 nitrogen and oxygen atoms in total. The van der Waals surface area contributed by atoms with Gasteiger partial charge in [0, 0.05) is 65.0 Å². The van der Waals surface area contributed by atoms with Gasteiger partial charge in [-0.05, 0) is 230 Å². The minimum absolute atomic E-state index is 0.00592. The zero-order valence-corrected chi connectivity index (χ0v) is 62.6. The molecule has 0 radical (unpaired) electrons. The largest absolute Gasteiger partial charge is 0.456 e. The summed E-state index contributed by atoms with van der Waals surface area (Å²) in [5.41, 5.74) is 33.6. The van der Waals surface area contributed by atoms with E-state index in [1.54, 1.807) is 0 Å². The molecule has 2 spiro atoms. The van der Waals surface area contributed by atoms with Crippen LogP contribution in [-0.2, 0) is 10.8 Å². The monoisotopic (exact) mass is 1460 g/mol. The number of furan rings is 4. The summed E-state index contributed by atoms with van der Waals surface area (Å²) in [6.45, 7) is 0. The quantitative estimate of drug-likeness (QED) is 0.156. The molecule has 0 saturated heterocycles. The molecular formula is C110H72O4. The Hall–Kier alpha value is -13.8. The second kappa shape index (κ2) is 24.4. The molecule has 4 heterocycles. The third-order valence-corrected chi connectivity index (χ3v) is 26.9. The van der Waals surface area contributed by atoms with Crippen molar-refractivity contribution < 1.29 is 17.7 Å². The summed E-state index contributed by atoms with van der Waals surface area (Å²) in [4.78, 5) is 0. The van der Waals surface area contributed by atoms with Crippen molar-refractivity contribution in [3.63, 3.8) is 0 Å². The zero-order chi connectivity index (χ0) is 74.5. The average Bonchev–Trinajstić information content (AvgIpc) is 1.50. The third kappa shape index (κ3) is 9.05. The minimum atomic E-state index is 0.00592. The van der Waals surface area contributed by atoms with Gasteiger partial charge >= 0.3 is 0 Å². The Balaban J connectivity index is 0.000000129. The second-order valence-electron chi connectivity index (χ2n) is 32.4. The van der Waals surface area contributed by atoms with E-state index in [0.29, 0.717) is 0 Å². The molecule has 2 fully saturated rings. The number of hydrogen-bond donors (Lipinski definition) is 0. The highest BCUT2D eigenvalue weighted by molar-refractivity contribution is 6.25. The topological polar surface area (TPSA) is 52.6 Å². The van der Waals surface area contributed by atoms with Crippen LogP contribution >= 0.6 is 0 Å². The third-order valence-electron chi connectivity index (χ3n) is 26.9. The van der Waals surface area contributed by atoms with Crippen LogP contribution in [0, 0.1) is 0 Å². The summed E-state index contributed by atoms with van der Waals surface area (Å²) in [6, 6.07) is 125. The number of fused-ring (bicyclic) bond motifs is 26. The van der Waals surface area contributed by atoms with Crippen LogP contribution < -0.4 is 0 Å². The van der Waals surface area contributed by atoms with Gasteiger partial charge in [-0.3, -0.25) is 0 Å². The van der Waals surface area contributed by atoms with E-state index in [9.17, 15) is 0 Å². The Morgan fingerprint density at radius 2 is 0.456 bits per heavy atom. The predicted molar refractivity (Wildman–Crippen MR) is 474 cm³/mol. The minimum Gasteiger partial charge on any atom is -0.456 e. The van der Waals surface area contributed by atoms with Crippen molar-refractivity contribution in [3.05, 3.63) is 362 Å². The van der Waals surface area contributed by atoms with Gasteiger partial charge in [0.15, 0.2) is 0 Å². The lowest BCUT2D eigenvalue weighted by atomic mass is 9.73. The molecule has 0 bridgehead atoms. The van der Waals surface area contributed by atoms with Crippen molar-refractivity contribution in [3.8, 4) is 89.0 Å². The van der Waals surface area contributed by atoms with E-state index in [4.69, 9.17) is 17.7 Å². The first kappa shape index (κ1) is 63.9. The SMILES string of the molecule is c1ccc2c(c1)-c1cccc(-c3c4cccc(-c5ccc6c(c5)oc5ccccc56)c4cc4c(-c5ccc6c(c5)oc5ccccc56)cccc34)c1C21CCCC1.c1ccc2c(c1)-c1cccc(-c3c4cccc(-c5cccc6c5oc5ccccc56)c4cc4c(-c5cccc6c5oc5ccccc56)cccc34)c1C21CCCC1. The molecule has 0 unspecified atom stereocenters. The van der Waals surface area contributed by atoms with Crippen LogP contribution in [0.15, 0.2) is 357 Å². The molecule has 4 aromatic heterocycles. The molecule has 26 rings (SSSR count). The first-order chi connectivity index (χ1) is 56.5. The van der Waals surface area contributed by atoms with Crippen molar-refractivity contribution in [2.75, 3.05) is 0 Å². The molecule has 4 aliphatic rings. The lowest BCUT2D eigenvalue weighted by molar-refractivity contribution is 0.551. The lowest BCUT2D eigenvalue weighted by Gasteiger charge is -2.30. The van der Waals surface area contributed by atoms with Crippen LogP contribution in [0.25, 0.3) is 220 Å². The molecule has 0 N–H and O–H groups in total. The van der Waals surface area contributed by atoms with Gasteiger partial charge < -0.3 is 17.7 Å². The number of hydrogen-bond acceptors (Lipinski definition) is 4. The fourth-order valence-corrected chi connectivity index (χ4v) is 22.1. The molecule has 0 atom stereocenters. The maximum atomic E-state index is 6.71. The molecule has 0 amide bonds. The van der Waals surface area contributed by atoms with Gasteiger partial charge in [0.25, 0.3) is 0 Å². The van der Waals surface area contributed by atoms with E-state index < -0.39 is 0 Å². The smallest absolute Gasteiger partial charge is 0.143 e. The fourth-order valence-electron chi connectivity index (χ4n) is 22.1. The summed E-state index contributed by atoms with van der Waals surface area (Å²) in [5, 5.41) is 19.1. The molecule has 4 aliphatic carbocycles. The molecule has 4 heteroatoms. The molecule has 0 aliphatic heterocycles. The van der Waals surface area contributed by atoms with Crippen LogP contribution in [0.1, 0.15) is 73.6 Å². The van der Waals surface area contributed by atoms with E-state index in [1.807, 2.05) is 12.1 Å². The lowest BCUT2D eigenvalue weighted by Crippen LogP contribution is -2.21. The van der Waals surface area contributed by atoms with Gasteiger partial charge in [-0.25, -0.2) is 0 Å². The van der Waals surface area contributed by atoms with E-state index in [-0.39, 0.29) is 10.8 Å². The van der Waals surface area contributed by atoms with Crippen LogP contribution in [0.4, 0.5) is 0 Å². The van der Waals surface area contributed by atoms with Gasteiger partial charge in [-0.1, -0.05) is 305 Å². The van der Waals surface area contributed by atoms with E-state index in [1.165, 1.54) is 183 Å². The Morgan fingerprint density at radius 3 is 0.868 bits per heavy atom. The average molecular weight is 1460 g/mol. The van der Waals surface area contributed by atoms with Crippen molar-refractivity contribution >= 4 is 131 Å². The first-order valence-corrected chi connectivity index (χ1v) is 40.6. The summed E-state index contributed by atoms with van der Waals surface area (Å²) in [6.07, 6.45) is 9.71. The molecule has 2 saturated carbocycles. The van der Waals surface area contributed by atoms with E-state index in [2.05, 4.69) is 328 Å². The van der Waals surface area contributed by atoms with E-state index >= 15 is 0 Å². The highest BCUT2D eigenvalue weighted by Crippen LogP contribution is 2.63. The van der Waals surface area contributed by atoms with E-state index in [0.717, 1.165) is 110 Å². The molecule has 536 valence electrons. The van der Waals surface area contributed by atoms with Crippen molar-refractivity contribution in [1.29, 1.82) is 0 Å². The Kier molecular flexibility index (Phi) is 13.7. The number of para-hydroxylation sites is 6. The highest BCUT2D eigenvalue weighted by Gasteiger charge is 2.48. The van der Waals surface area contributed by atoms with Gasteiger partial charge in [-0.15, -0.1) is 0 Å². The summed E-state index contributed by atoms with van der Waals surface area (Å²) >= 11 is 0. The fraction of sp³-hybridized carbons (Fsp3) is 0.0909. The van der Waals surface area contributed by atoms with Gasteiger partial charge in [0.2, 0.25) is 0 Å². The number of benzene rings is 18. The van der Waals surface area contributed by atoms with Crippen LogP contribution in [-0.4, -0.2) is 0 Å². The predicted octanol–water partition coefficient (Wildman–Crippen LogP) is 31.3. The second-order valence-corrected chi connectivity index (χ2v) is 32.4. The first-order valence-electron chi connectivity index (χ1n) is 40.6. The molecule has 18 aromatic carbocycles. The van der Waals surface area contributed by atoms with Crippen molar-refractivity contribution in [2.24, 2.45) is 0 Å². The Morgan fingerprint density at radius 1 is 0.175 bits per heavy atom. The standard InChI is InChI=1S/2C55H36O2/c1-4-27-48-35(14-1)40-21-11-26-45(52(40)55(48)30-7-8-31-55)51-38-19-9-17-33(41-22-12-24-43-36-15-2-5-28-49(36)56-53(41)43)46(38)32-47-34(18-10-20-39(47)51)42-23-13-25-44-37-16-3-6-29-50(37)57-54(42)44;1-4-21-48-37(12-1)44-19-11-20-45(54(44)55(48)28-7-8-29-55)53-42-17-9-15-35(33-24-26-40-38-13-2-5-22-49(38)56-51(40)30-33)46(42)32-47-36(16-10-18-43(47)53)34-25-27-41-39-14-3-6-23-50(39)57-52(41)31-34/h1-6,9-29,32H,7-8,30-31H2;1-6,9-27,30-32H,7-8,28-29H2. The molecule has 22 aromatic rings. The maximum Gasteiger partial charge on any atom is 0.143 e. The van der Waals surface area contributed by atoms with Gasteiger partial charge in [-0.2, -0.15) is 0 Å². The molecule has 114 heavy (non-hydrogen) atoms. The van der Waals surface area contributed by atoms with Gasteiger partial charge in [0.1, 0.15) is 44.7 Å². The summed E-state index contributed by atoms with van der Waals surface area (Å²) < 4.78 is 26.3. The summed E-state index contributed by atoms with van der Waals surface area (Å²) in [5.74, 6) is 0. The molecular weight excluding hydrogens is 1390 g/mol. The van der Waals surface area contributed by atoms with Crippen LogP contribution in [0.3, 0.4) is 0 Å². The Bertz CT molecular complexity index is 7540. The van der Waals surface area contributed by atoms with Crippen LogP contribution in [0.2, 0.25) is 0 Å².